The highest BCUT2D eigenvalue weighted by Crippen LogP contribution is 2.08. The van der Waals surface area contributed by atoms with Gasteiger partial charge in [0.25, 0.3) is 0 Å². The summed E-state index contributed by atoms with van der Waals surface area (Å²) < 4.78 is 5.72. The fourth-order valence-corrected chi connectivity index (χ4v) is 1.69. The summed E-state index contributed by atoms with van der Waals surface area (Å²) in [4.78, 5) is 0. The first-order valence-corrected chi connectivity index (χ1v) is 7.16. The standard InChI is InChI=1S/C16H27NO/c1-4-11-17-12-10-15-6-8-16(9-7-15)13-18-14(3)5-2/h6-9,14,17H,4-5,10-13H2,1-3H3. The van der Waals surface area contributed by atoms with Crippen LogP contribution in [-0.2, 0) is 17.8 Å². The van der Waals surface area contributed by atoms with Gasteiger partial charge in [-0.15, -0.1) is 0 Å². The first-order chi connectivity index (χ1) is 8.76. The van der Waals surface area contributed by atoms with E-state index in [1.807, 2.05) is 0 Å². The third kappa shape index (κ3) is 6.18. The van der Waals surface area contributed by atoms with Crippen LogP contribution in [0.25, 0.3) is 0 Å². The molecule has 0 spiro atoms. The topological polar surface area (TPSA) is 21.3 Å². The molecule has 1 atom stereocenters. The average Bonchev–Trinajstić information content (AvgIpc) is 2.42. The zero-order valence-electron chi connectivity index (χ0n) is 12.0. The van der Waals surface area contributed by atoms with E-state index in [1.54, 1.807) is 0 Å². The predicted octanol–water partition coefficient (Wildman–Crippen LogP) is 3.54. The van der Waals surface area contributed by atoms with Gasteiger partial charge in [-0.25, -0.2) is 0 Å². The molecule has 0 saturated heterocycles. The average molecular weight is 249 g/mol. The lowest BCUT2D eigenvalue weighted by Crippen LogP contribution is -2.17. The van der Waals surface area contributed by atoms with Crippen LogP contribution in [0.3, 0.4) is 0 Å². The Balaban J connectivity index is 2.28. The van der Waals surface area contributed by atoms with Gasteiger partial charge in [0.15, 0.2) is 0 Å². The van der Waals surface area contributed by atoms with Gasteiger partial charge in [-0.3, -0.25) is 0 Å². The lowest BCUT2D eigenvalue weighted by Gasteiger charge is -2.11. The number of ether oxygens (including phenoxy) is 1. The summed E-state index contributed by atoms with van der Waals surface area (Å²) in [5.41, 5.74) is 2.66. The van der Waals surface area contributed by atoms with Crippen LogP contribution in [0.5, 0.6) is 0 Å². The molecule has 2 heteroatoms. The molecule has 0 saturated carbocycles. The molecule has 0 radical (unpaired) electrons. The molecule has 2 nitrogen and oxygen atoms in total. The molecular formula is C16H27NO. The molecule has 0 amide bonds. The van der Waals surface area contributed by atoms with Gasteiger partial charge in [-0.05, 0) is 50.4 Å². The maximum absolute atomic E-state index is 5.72. The lowest BCUT2D eigenvalue weighted by atomic mass is 10.1. The molecule has 0 aliphatic carbocycles. The van der Waals surface area contributed by atoms with Crippen molar-refractivity contribution in [3.05, 3.63) is 35.4 Å². The minimum atomic E-state index is 0.350. The van der Waals surface area contributed by atoms with Crippen molar-refractivity contribution in [1.82, 2.24) is 5.32 Å². The maximum Gasteiger partial charge on any atom is 0.0720 e. The van der Waals surface area contributed by atoms with Crippen molar-refractivity contribution in [2.45, 2.75) is 52.7 Å². The third-order valence-corrected chi connectivity index (χ3v) is 3.15. The van der Waals surface area contributed by atoms with Crippen LogP contribution in [0, 0.1) is 0 Å². The van der Waals surface area contributed by atoms with Crippen molar-refractivity contribution < 1.29 is 4.74 Å². The predicted molar refractivity (Wildman–Crippen MR) is 77.8 cm³/mol. The molecule has 102 valence electrons. The minimum absolute atomic E-state index is 0.350. The van der Waals surface area contributed by atoms with E-state index in [1.165, 1.54) is 17.5 Å². The second-order valence-corrected chi connectivity index (χ2v) is 4.85. The third-order valence-electron chi connectivity index (χ3n) is 3.15. The molecule has 1 unspecified atom stereocenters. The summed E-state index contributed by atoms with van der Waals surface area (Å²) in [5.74, 6) is 0. The zero-order valence-corrected chi connectivity index (χ0v) is 12.0. The molecule has 0 fully saturated rings. The van der Waals surface area contributed by atoms with Crippen LogP contribution >= 0.6 is 0 Å². The molecular weight excluding hydrogens is 222 g/mol. The van der Waals surface area contributed by atoms with Gasteiger partial charge in [0.1, 0.15) is 0 Å². The normalized spacial score (nSPS) is 12.6. The Morgan fingerprint density at radius 3 is 2.33 bits per heavy atom. The molecule has 1 N–H and O–H groups in total. The number of benzene rings is 1. The van der Waals surface area contributed by atoms with Gasteiger partial charge >= 0.3 is 0 Å². The molecule has 0 heterocycles. The number of nitrogens with one attached hydrogen (secondary N) is 1. The summed E-state index contributed by atoms with van der Waals surface area (Å²) in [6, 6.07) is 8.78. The summed E-state index contributed by atoms with van der Waals surface area (Å²) in [6.07, 6.45) is 3.72. The van der Waals surface area contributed by atoms with E-state index in [0.29, 0.717) is 6.10 Å². The fourth-order valence-electron chi connectivity index (χ4n) is 1.69. The van der Waals surface area contributed by atoms with Crippen molar-refractivity contribution in [3.8, 4) is 0 Å². The lowest BCUT2D eigenvalue weighted by molar-refractivity contribution is 0.0508. The number of rotatable bonds is 9. The Morgan fingerprint density at radius 1 is 1.06 bits per heavy atom. The van der Waals surface area contributed by atoms with E-state index in [2.05, 4.69) is 50.4 Å². The quantitative estimate of drug-likeness (QED) is 0.676. The molecule has 1 aromatic carbocycles. The largest absolute Gasteiger partial charge is 0.374 e. The highest BCUT2D eigenvalue weighted by Gasteiger charge is 2.00. The van der Waals surface area contributed by atoms with Crippen molar-refractivity contribution in [3.63, 3.8) is 0 Å². The monoisotopic (exact) mass is 249 g/mol. The highest BCUT2D eigenvalue weighted by atomic mass is 16.5. The van der Waals surface area contributed by atoms with E-state index < -0.39 is 0 Å². The van der Waals surface area contributed by atoms with Gasteiger partial charge in [-0.1, -0.05) is 38.1 Å². The Bertz CT molecular complexity index is 307. The van der Waals surface area contributed by atoms with Gasteiger partial charge < -0.3 is 10.1 Å². The molecule has 0 aliphatic heterocycles. The van der Waals surface area contributed by atoms with Crippen molar-refractivity contribution in [2.75, 3.05) is 13.1 Å². The maximum atomic E-state index is 5.72. The van der Waals surface area contributed by atoms with Crippen LogP contribution in [0.4, 0.5) is 0 Å². The van der Waals surface area contributed by atoms with Crippen molar-refractivity contribution in [1.29, 1.82) is 0 Å². The van der Waals surface area contributed by atoms with Gasteiger partial charge in [0, 0.05) is 0 Å². The first kappa shape index (κ1) is 15.2. The van der Waals surface area contributed by atoms with Crippen LogP contribution in [0.2, 0.25) is 0 Å². The summed E-state index contributed by atoms with van der Waals surface area (Å²) in [6.45, 7) is 9.37. The van der Waals surface area contributed by atoms with E-state index in [4.69, 9.17) is 4.74 Å². The second kappa shape index (κ2) is 9.12. The van der Waals surface area contributed by atoms with Crippen molar-refractivity contribution in [2.24, 2.45) is 0 Å². The SMILES string of the molecule is CCCNCCc1ccc(COC(C)CC)cc1. The Hall–Kier alpha value is -0.860. The molecule has 1 aromatic rings. The van der Waals surface area contributed by atoms with E-state index >= 15 is 0 Å². The van der Waals surface area contributed by atoms with Gasteiger partial charge in [0.05, 0.1) is 12.7 Å². The van der Waals surface area contributed by atoms with Gasteiger partial charge in [-0.2, -0.15) is 0 Å². The first-order valence-electron chi connectivity index (χ1n) is 7.16. The van der Waals surface area contributed by atoms with E-state index in [0.717, 1.165) is 32.5 Å². The van der Waals surface area contributed by atoms with E-state index in [-0.39, 0.29) is 0 Å². The number of hydrogen-bond donors (Lipinski definition) is 1. The van der Waals surface area contributed by atoms with Gasteiger partial charge in [0.2, 0.25) is 0 Å². The minimum Gasteiger partial charge on any atom is -0.374 e. The Labute approximate surface area is 112 Å². The van der Waals surface area contributed by atoms with Crippen molar-refractivity contribution >= 4 is 0 Å². The molecule has 0 aromatic heterocycles. The Kier molecular flexibility index (Phi) is 7.70. The molecule has 0 aliphatic rings. The van der Waals surface area contributed by atoms with Crippen LogP contribution < -0.4 is 5.32 Å². The summed E-state index contributed by atoms with van der Waals surface area (Å²) in [7, 11) is 0. The van der Waals surface area contributed by atoms with Crippen LogP contribution in [0.15, 0.2) is 24.3 Å². The van der Waals surface area contributed by atoms with E-state index in [9.17, 15) is 0 Å². The molecule has 1 rings (SSSR count). The smallest absolute Gasteiger partial charge is 0.0720 e. The Morgan fingerprint density at radius 2 is 1.72 bits per heavy atom. The number of hydrogen-bond acceptors (Lipinski definition) is 2. The summed E-state index contributed by atoms with van der Waals surface area (Å²) >= 11 is 0. The van der Waals surface area contributed by atoms with Crippen LogP contribution in [-0.4, -0.2) is 19.2 Å². The zero-order chi connectivity index (χ0) is 13.2. The van der Waals surface area contributed by atoms with Crippen LogP contribution in [0.1, 0.15) is 44.7 Å². The fraction of sp³-hybridized carbons (Fsp3) is 0.625. The highest BCUT2D eigenvalue weighted by molar-refractivity contribution is 5.22. The second-order valence-electron chi connectivity index (χ2n) is 4.85. The molecule has 18 heavy (non-hydrogen) atoms. The summed E-state index contributed by atoms with van der Waals surface area (Å²) in [5, 5.41) is 3.42. The molecule has 0 bridgehead atoms.